The van der Waals surface area contributed by atoms with E-state index in [1.165, 1.54) is 0 Å². The van der Waals surface area contributed by atoms with E-state index in [0.717, 1.165) is 44.6 Å². The Morgan fingerprint density at radius 2 is 1.85 bits per heavy atom. The van der Waals surface area contributed by atoms with E-state index in [0.29, 0.717) is 31.2 Å². The summed E-state index contributed by atoms with van der Waals surface area (Å²) in [6.07, 6.45) is 3.39. The molecule has 5 nitrogen and oxygen atoms in total. The van der Waals surface area contributed by atoms with Gasteiger partial charge in [0.2, 0.25) is 11.8 Å². The standard InChI is InChI=1S/C22H33N3O2/c1-17(2)15-24-12-10-18(11-13-24)14-23-22(27)20-8-9-21(26)25(20)16-19-6-4-3-5-7-19/h3-7,17-18,20H,8-16H2,1-2H3,(H,23,27). The van der Waals surface area contributed by atoms with Gasteiger partial charge in [-0.15, -0.1) is 0 Å². The van der Waals surface area contributed by atoms with E-state index < -0.39 is 0 Å². The third-order valence-corrected chi connectivity index (χ3v) is 5.72. The van der Waals surface area contributed by atoms with Gasteiger partial charge in [-0.1, -0.05) is 44.2 Å². The minimum absolute atomic E-state index is 0.0152. The van der Waals surface area contributed by atoms with Gasteiger partial charge >= 0.3 is 0 Å². The van der Waals surface area contributed by atoms with Crippen molar-refractivity contribution in [3.05, 3.63) is 35.9 Å². The molecule has 2 heterocycles. The monoisotopic (exact) mass is 371 g/mol. The summed E-state index contributed by atoms with van der Waals surface area (Å²) in [7, 11) is 0. The number of hydrogen-bond acceptors (Lipinski definition) is 3. The molecule has 1 aromatic carbocycles. The highest BCUT2D eigenvalue weighted by Crippen LogP contribution is 2.22. The summed E-state index contributed by atoms with van der Waals surface area (Å²) >= 11 is 0. The molecule has 2 fully saturated rings. The summed E-state index contributed by atoms with van der Waals surface area (Å²) in [6, 6.07) is 9.59. The fraction of sp³-hybridized carbons (Fsp3) is 0.636. The Bertz CT molecular complexity index is 624. The topological polar surface area (TPSA) is 52.7 Å². The predicted molar refractivity (Wildman–Crippen MR) is 107 cm³/mol. The van der Waals surface area contributed by atoms with Gasteiger partial charge in [0, 0.05) is 26.1 Å². The molecule has 27 heavy (non-hydrogen) atoms. The first-order valence-electron chi connectivity index (χ1n) is 10.4. The minimum Gasteiger partial charge on any atom is -0.354 e. The lowest BCUT2D eigenvalue weighted by molar-refractivity contribution is -0.135. The Hall–Kier alpha value is -1.88. The molecule has 0 spiro atoms. The maximum atomic E-state index is 12.7. The fourth-order valence-electron chi connectivity index (χ4n) is 4.24. The van der Waals surface area contributed by atoms with Crippen LogP contribution in [-0.2, 0) is 16.1 Å². The zero-order chi connectivity index (χ0) is 19.2. The van der Waals surface area contributed by atoms with Crippen molar-refractivity contribution in [2.24, 2.45) is 11.8 Å². The molecule has 0 saturated carbocycles. The lowest BCUT2D eigenvalue weighted by Crippen LogP contribution is -2.46. The van der Waals surface area contributed by atoms with E-state index in [9.17, 15) is 9.59 Å². The highest BCUT2D eigenvalue weighted by atomic mass is 16.2. The normalized spacial score (nSPS) is 21.8. The molecule has 2 aliphatic rings. The molecule has 2 aliphatic heterocycles. The van der Waals surface area contributed by atoms with Gasteiger partial charge in [-0.25, -0.2) is 0 Å². The van der Waals surface area contributed by atoms with Crippen LogP contribution in [0.1, 0.15) is 45.1 Å². The number of carbonyl (C=O) groups is 2. The lowest BCUT2D eigenvalue weighted by Gasteiger charge is -2.33. The number of likely N-dealkylation sites (tertiary alicyclic amines) is 2. The molecule has 0 bridgehead atoms. The van der Waals surface area contributed by atoms with Gasteiger partial charge in [-0.05, 0) is 49.8 Å². The van der Waals surface area contributed by atoms with Crippen molar-refractivity contribution in [1.29, 1.82) is 0 Å². The maximum absolute atomic E-state index is 12.7. The van der Waals surface area contributed by atoms with Crippen LogP contribution >= 0.6 is 0 Å². The van der Waals surface area contributed by atoms with Gasteiger partial charge in [-0.3, -0.25) is 9.59 Å². The molecule has 1 atom stereocenters. The SMILES string of the molecule is CC(C)CN1CCC(CNC(=O)C2CCC(=O)N2Cc2ccccc2)CC1. The number of benzene rings is 1. The van der Waals surface area contributed by atoms with Crippen LogP contribution in [-0.4, -0.2) is 53.8 Å². The van der Waals surface area contributed by atoms with E-state index in [1.54, 1.807) is 4.90 Å². The van der Waals surface area contributed by atoms with Crippen molar-refractivity contribution in [1.82, 2.24) is 15.1 Å². The molecular weight excluding hydrogens is 338 g/mol. The van der Waals surface area contributed by atoms with Crippen molar-refractivity contribution < 1.29 is 9.59 Å². The van der Waals surface area contributed by atoms with Crippen molar-refractivity contribution >= 4 is 11.8 Å². The Balaban J connectivity index is 1.46. The van der Waals surface area contributed by atoms with Gasteiger partial charge in [0.1, 0.15) is 6.04 Å². The summed E-state index contributed by atoms with van der Waals surface area (Å²) in [5.41, 5.74) is 1.07. The number of nitrogens with zero attached hydrogens (tertiary/aromatic N) is 2. The number of carbonyl (C=O) groups excluding carboxylic acids is 2. The number of hydrogen-bond donors (Lipinski definition) is 1. The van der Waals surface area contributed by atoms with Crippen LogP contribution in [0.5, 0.6) is 0 Å². The van der Waals surface area contributed by atoms with Gasteiger partial charge in [0.25, 0.3) is 0 Å². The van der Waals surface area contributed by atoms with E-state index >= 15 is 0 Å². The molecule has 3 rings (SSSR count). The van der Waals surface area contributed by atoms with Crippen LogP contribution in [0, 0.1) is 11.8 Å². The quantitative estimate of drug-likeness (QED) is 0.802. The van der Waals surface area contributed by atoms with Crippen molar-refractivity contribution in [3.8, 4) is 0 Å². The Morgan fingerprint density at radius 3 is 2.52 bits per heavy atom. The molecule has 1 N–H and O–H groups in total. The van der Waals surface area contributed by atoms with Crippen LogP contribution < -0.4 is 5.32 Å². The van der Waals surface area contributed by atoms with Crippen molar-refractivity contribution in [2.75, 3.05) is 26.2 Å². The predicted octanol–water partition coefficient (Wildman–Crippen LogP) is 2.66. The Kier molecular flexibility index (Phi) is 6.89. The second kappa shape index (κ2) is 9.36. The number of piperidine rings is 1. The molecule has 2 saturated heterocycles. The first-order chi connectivity index (χ1) is 13.0. The largest absolute Gasteiger partial charge is 0.354 e. The Morgan fingerprint density at radius 1 is 1.15 bits per heavy atom. The first kappa shape index (κ1) is 19.9. The van der Waals surface area contributed by atoms with E-state index in [-0.39, 0.29) is 17.9 Å². The molecule has 0 radical (unpaired) electrons. The second-order valence-corrected chi connectivity index (χ2v) is 8.44. The van der Waals surface area contributed by atoms with Crippen LogP contribution in [0.25, 0.3) is 0 Å². The highest BCUT2D eigenvalue weighted by Gasteiger charge is 2.36. The fourth-order valence-corrected chi connectivity index (χ4v) is 4.24. The highest BCUT2D eigenvalue weighted by molar-refractivity contribution is 5.90. The van der Waals surface area contributed by atoms with E-state index in [4.69, 9.17) is 0 Å². The van der Waals surface area contributed by atoms with Crippen molar-refractivity contribution in [2.45, 2.75) is 52.1 Å². The maximum Gasteiger partial charge on any atom is 0.242 e. The minimum atomic E-state index is -0.321. The van der Waals surface area contributed by atoms with E-state index in [1.807, 2.05) is 30.3 Å². The third kappa shape index (κ3) is 5.55. The number of rotatable bonds is 7. The van der Waals surface area contributed by atoms with Crippen LogP contribution in [0.4, 0.5) is 0 Å². The Labute approximate surface area is 163 Å². The van der Waals surface area contributed by atoms with Gasteiger partial charge in [0.05, 0.1) is 0 Å². The van der Waals surface area contributed by atoms with Gasteiger partial charge in [0.15, 0.2) is 0 Å². The number of nitrogens with one attached hydrogen (secondary N) is 1. The summed E-state index contributed by atoms with van der Waals surface area (Å²) < 4.78 is 0. The summed E-state index contributed by atoms with van der Waals surface area (Å²) in [6.45, 7) is 9.19. The zero-order valence-electron chi connectivity index (χ0n) is 16.7. The molecule has 2 amide bonds. The average molecular weight is 372 g/mol. The summed E-state index contributed by atoms with van der Waals surface area (Å²) in [4.78, 5) is 29.3. The molecule has 148 valence electrons. The van der Waals surface area contributed by atoms with Crippen LogP contribution in [0.3, 0.4) is 0 Å². The molecule has 1 unspecified atom stereocenters. The summed E-state index contributed by atoms with van der Waals surface area (Å²) in [5.74, 6) is 1.36. The second-order valence-electron chi connectivity index (χ2n) is 8.44. The lowest BCUT2D eigenvalue weighted by atomic mass is 9.96. The smallest absolute Gasteiger partial charge is 0.242 e. The van der Waals surface area contributed by atoms with Crippen molar-refractivity contribution in [3.63, 3.8) is 0 Å². The van der Waals surface area contributed by atoms with E-state index in [2.05, 4.69) is 24.1 Å². The van der Waals surface area contributed by atoms with Crippen LogP contribution in [0.15, 0.2) is 30.3 Å². The molecule has 5 heteroatoms. The van der Waals surface area contributed by atoms with Gasteiger partial charge < -0.3 is 15.1 Å². The summed E-state index contributed by atoms with van der Waals surface area (Å²) in [5, 5.41) is 3.13. The zero-order valence-corrected chi connectivity index (χ0v) is 16.7. The van der Waals surface area contributed by atoms with Crippen LogP contribution in [0.2, 0.25) is 0 Å². The molecule has 1 aromatic rings. The third-order valence-electron chi connectivity index (χ3n) is 5.72. The molecule has 0 aromatic heterocycles. The number of amides is 2. The average Bonchev–Trinajstić information content (AvgIpc) is 3.02. The molecule has 0 aliphatic carbocycles. The van der Waals surface area contributed by atoms with Gasteiger partial charge in [-0.2, -0.15) is 0 Å². The molecular formula is C22H33N3O2. The first-order valence-corrected chi connectivity index (χ1v) is 10.4.